The van der Waals surface area contributed by atoms with Crippen molar-refractivity contribution in [3.63, 3.8) is 0 Å². The maximum Gasteiger partial charge on any atom is 0.165 e. The Morgan fingerprint density at radius 2 is 0.811 bits per heavy atom. The number of hydrogen-bond donors (Lipinski definition) is 0. The van der Waals surface area contributed by atoms with Gasteiger partial charge >= 0.3 is 0 Å². The Kier molecular flexibility index (Phi) is 7.40. The van der Waals surface area contributed by atoms with E-state index in [0.29, 0.717) is 5.82 Å². The van der Waals surface area contributed by atoms with E-state index in [2.05, 4.69) is 144 Å². The van der Waals surface area contributed by atoms with Gasteiger partial charge in [-0.3, -0.25) is 4.40 Å². The second kappa shape index (κ2) is 12.8. The van der Waals surface area contributed by atoms with Crippen molar-refractivity contribution in [2.45, 2.75) is 0 Å². The summed E-state index contributed by atoms with van der Waals surface area (Å²) in [7, 11) is 0. The third-order valence-electron chi connectivity index (χ3n) is 9.88. The predicted octanol–water partition coefficient (Wildman–Crippen LogP) is 11.8. The van der Waals surface area contributed by atoms with Crippen LogP contribution in [0.4, 0.5) is 0 Å². The van der Waals surface area contributed by atoms with E-state index >= 15 is 0 Å². The first-order valence-electron chi connectivity index (χ1n) is 17.7. The van der Waals surface area contributed by atoms with Gasteiger partial charge in [0.15, 0.2) is 11.5 Å². The van der Waals surface area contributed by atoms with E-state index in [4.69, 9.17) is 19.9 Å². The lowest BCUT2D eigenvalue weighted by molar-refractivity contribution is 1.18. The Labute approximate surface area is 306 Å². The fraction of sp³-hybridized carbons (Fsp3) is 0. The lowest BCUT2D eigenvalue weighted by Crippen LogP contribution is -1.96. The zero-order valence-corrected chi connectivity index (χ0v) is 28.6. The number of pyridine rings is 2. The average molecular weight is 678 g/mol. The van der Waals surface area contributed by atoms with E-state index in [-0.39, 0.29) is 0 Å². The smallest absolute Gasteiger partial charge is 0.165 e. The summed E-state index contributed by atoms with van der Waals surface area (Å²) in [4.78, 5) is 20.2. The highest BCUT2D eigenvalue weighted by atomic mass is 15.1. The summed E-state index contributed by atoms with van der Waals surface area (Å²) < 4.78 is 2.06. The highest BCUT2D eigenvalue weighted by Gasteiger charge is 2.16. The number of nitrogens with zero attached hydrogens (tertiary/aromatic N) is 5. The molecule has 0 saturated carbocycles. The van der Waals surface area contributed by atoms with Gasteiger partial charge in [0, 0.05) is 39.2 Å². The van der Waals surface area contributed by atoms with Crippen molar-refractivity contribution in [3.8, 4) is 67.4 Å². The van der Waals surface area contributed by atoms with Crippen molar-refractivity contribution in [1.82, 2.24) is 24.3 Å². The van der Waals surface area contributed by atoms with E-state index < -0.39 is 0 Å². The molecule has 0 saturated heterocycles. The van der Waals surface area contributed by atoms with Gasteiger partial charge in [0.2, 0.25) is 0 Å². The number of rotatable bonds is 6. The molecule has 6 aromatic carbocycles. The molecule has 248 valence electrons. The second-order valence-corrected chi connectivity index (χ2v) is 13.1. The number of benzene rings is 6. The number of imidazole rings is 1. The van der Waals surface area contributed by atoms with Crippen LogP contribution in [0, 0.1) is 0 Å². The summed E-state index contributed by atoms with van der Waals surface area (Å²) in [6, 6.07) is 63.1. The number of aromatic nitrogens is 5. The minimum Gasteiger partial charge on any atom is -0.284 e. The molecule has 0 radical (unpaired) electrons. The van der Waals surface area contributed by atoms with Crippen LogP contribution < -0.4 is 0 Å². The first kappa shape index (κ1) is 30.6. The number of fused-ring (bicyclic) bond motifs is 5. The molecular formula is C48H31N5. The second-order valence-electron chi connectivity index (χ2n) is 13.1. The zero-order chi connectivity index (χ0) is 35.1. The Hall–Kier alpha value is -7.24. The van der Waals surface area contributed by atoms with E-state index in [1.165, 1.54) is 11.1 Å². The highest BCUT2D eigenvalue weighted by molar-refractivity contribution is 6.09. The molecular weight excluding hydrogens is 647 g/mol. The predicted molar refractivity (Wildman–Crippen MR) is 216 cm³/mol. The monoisotopic (exact) mass is 677 g/mol. The molecule has 0 atom stereocenters. The molecule has 0 bridgehead atoms. The minimum atomic E-state index is 0.702. The van der Waals surface area contributed by atoms with Crippen molar-refractivity contribution >= 4 is 27.6 Å². The first-order valence-corrected chi connectivity index (χ1v) is 17.7. The molecule has 4 aromatic heterocycles. The van der Waals surface area contributed by atoms with Crippen molar-refractivity contribution in [3.05, 3.63) is 188 Å². The van der Waals surface area contributed by atoms with E-state index in [9.17, 15) is 0 Å². The standard InChI is InChI=1S/C48H31N5/c1-3-11-32(12-4-1)33-18-24-36(25-19-33)42-31-43(50-47(49-42)39-13-5-2-6-14-39)37-26-20-34(21-27-37)35-22-28-38(29-23-35)45-40-15-7-8-16-41(40)46-48(52-45)53-30-10-9-17-44(53)51-46/h1-31H. The Balaban J connectivity index is 0.986. The molecule has 5 nitrogen and oxygen atoms in total. The Morgan fingerprint density at radius 3 is 1.42 bits per heavy atom. The summed E-state index contributed by atoms with van der Waals surface area (Å²) in [6.07, 6.45) is 2.02. The van der Waals surface area contributed by atoms with Crippen LogP contribution in [0.25, 0.3) is 95.0 Å². The molecule has 4 heterocycles. The van der Waals surface area contributed by atoms with Crippen LogP contribution in [0.3, 0.4) is 0 Å². The van der Waals surface area contributed by atoms with E-state index in [1.807, 2.05) is 48.7 Å². The fourth-order valence-electron chi connectivity index (χ4n) is 7.13. The maximum absolute atomic E-state index is 5.17. The Morgan fingerprint density at radius 1 is 0.340 bits per heavy atom. The van der Waals surface area contributed by atoms with Crippen LogP contribution in [0.15, 0.2) is 188 Å². The molecule has 53 heavy (non-hydrogen) atoms. The summed E-state index contributed by atoms with van der Waals surface area (Å²) >= 11 is 0. The molecule has 0 aliphatic carbocycles. The van der Waals surface area contributed by atoms with E-state index in [1.54, 1.807) is 0 Å². The quantitative estimate of drug-likeness (QED) is 0.176. The molecule has 0 fully saturated rings. The normalized spacial score (nSPS) is 11.4. The van der Waals surface area contributed by atoms with Crippen molar-refractivity contribution in [2.24, 2.45) is 0 Å². The van der Waals surface area contributed by atoms with Gasteiger partial charge in [-0.15, -0.1) is 0 Å². The zero-order valence-electron chi connectivity index (χ0n) is 28.6. The van der Waals surface area contributed by atoms with Crippen molar-refractivity contribution in [2.75, 3.05) is 0 Å². The molecule has 0 unspecified atom stereocenters. The fourth-order valence-corrected chi connectivity index (χ4v) is 7.13. The first-order chi connectivity index (χ1) is 26.2. The van der Waals surface area contributed by atoms with Crippen LogP contribution in [0.2, 0.25) is 0 Å². The summed E-state index contributed by atoms with van der Waals surface area (Å²) in [5.74, 6) is 0.702. The lowest BCUT2D eigenvalue weighted by atomic mass is 9.98. The van der Waals surface area contributed by atoms with E-state index in [0.717, 1.165) is 78.0 Å². The summed E-state index contributed by atoms with van der Waals surface area (Å²) in [5, 5.41) is 2.19. The molecule has 0 aliphatic heterocycles. The van der Waals surface area contributed by atoms with Gasteiger partial charge in [0.25, 0.3) is 0 Å². The largest absolute Gasteiger partial charge is 0.284 e. The summed E-state index contributed by atoms with van der Waals surface area (Å²) in [6.45, 7) is 0. The van der Waals surface area contributed by atoms with Crippen molar-refractivity contribution < 1.29 is 0 Å². The SMILES string of the molecule is c1ccc(-c2ccc(-c3cc(-c4ccc(-c5ccc(-c6nc7c(nc8ccccn87)c7ccccc67)cc5)cc4)nc(-c4ccccc4)n3)cc2)cc1. The van der Waals surface area contributed by atoms with Crippen LogP contribution >= 0.6 is 0 Å². The molecule has 0 N–H and O–H groups in total. The molecule has 5 heteroatoms. The van der Waals surface area contributed by atoms with Gasteiger partial charge in [-0.05, 0) is 40.5 Å². The van der Waals surface area contributed by atoms with Crippen LogP contribution in [0.1, 0.15) is 0 Å². The van der Waals surface area contributed by atoms with Crippen molar-refractivity contribution in [1.29, 1.82) is 0 Å². The minimum absolute atomic E-state index is 0.702. The molecule has 10 aromatic rings. The topological polar surface area (TPSA) is 56.0 Å². The Bertz CT molecular complexity index is 2900. The average Bonchev–Trinajstić information content (AvgIpc) is 3.63. The van der Waals surface area contributed by atoms with Crippen LogP contribution in [-0.2, 0) is 0 Å². The van der Waals surface area contributed by atoms with Crippen LogP contribution in [0.5, 0.6) is 0 Å². The highest BCUT2D eigenvalue weighted by Crippen LogP contribution is 2.35. The molecule has 0 spiro atoms. The van der Waals surface area contributed by atoms with Crippen LogP contribution in [-0.4, -0.2) is 24.3 Å². The molecule has 0 aliphatic rings. The maximum atomic E-state index is 5.17. The van der Waals surface area contributed by atoms with Gasteiger partial charge in [-0.1, -0.05) is 164 Å². The van der Waals surface area contributed by atoms with Gasteiger partial charge in [-0.2, -0.15) is 0 Å². The van der Waals surface area contributed by atoms with Gasteiger partial charge < -0.3 is 0 Å². The van der Waals surface area contributed by atoms with Gasteiger partial charge in [0.1, 0.15) is 11.2 Å². The van der Waals surface area contributed by atoms with Gasteiger partial charge in [0.05, 0.1) is 17.1 Å². The van der Waals surface area contributed by atoms with Gasteiger partial charge in [-0.25, -0.2) is 19.9 Å². The molecule has 10 rings (SSSR count). The lowest BCUT2D eigenvalue weighted by Gasteiger charge is -2.11. The third-order valence-corrected chi connectivity index (χ3v) is 9.88. The molecule has 0 amide bonds. The third kappa shape index (κ3) is 5.61. The number of hydrogen-bond acceptors (Lipinski definition) is 4. The summed E-state index contributed by atoms with van der Waals surface area (Å²) in [5.41, 5.74) is 14.1.